The van der Waals surface area contributed by atoms with Crippen molar-refractivity contribution < 1.29 is 29.2 Å². The van der Waals surface area contributed by atoms with Crippen molar-refractivity contribution >= 4 is 63.5 Å². The number of aromatic nitrogens is 3. The van der Waals surface area contributed by atoms with E-state index in [1.54, 1.807) is 19.1 Å². The Bertz CT molecular complexity index is 1260. The highest BCUT2D eigenvalue weighted by atomic mass is 32.2. The monoisotopic (exact) mass is 537 g/mol. The number of β-lactam (4-membered cyclic amide) rings is 1. The van der Waals surface area contributed by atoms with Gasteiger partial charge in [0.15, 0.2) is 15.9 Å². The van der Waals surface area contributed by atoms with Gasteiger partial charge < -0.3 is 26.2 Å². The number of carboxylic acids is 1. The molecule has 4 rings (SSSR count). The number of nitrogens with zero attached hydrogens (tertiary/aromatic N) is 5. The number of nitrogens with two attached hydrogens (primary N) is 1. The molecule has 0 radical (unpaired) electrons. The molecule has 4 N–H and O–H groups in total. The van der Waals surface area contributed by atoms with Gasteiger partial charge in [-0.25, -0.2) is 9.78 Å². The quantitative estimate of drug-likeness (QED) is 0.102. The summed E-state index contributed by atoms with van der Waals surface area (Å²) in [5.74, 6) is -1.96. The zero-order chi connectivity index (χ0) is 25.3. The second-order valence-electron chi connectivity index (χ2n) is 7.29. The molecule has 184 valence electrons. The summed E-state index contributed by atoms with van der Waals surface area (Å²) in [7, 11) is 1.27. The summed E-state index contributed by atoms with van der Waals surface area (Å²) in [6.07, 6.45) is 0. The number of fused-ring (bicyclic) bond motifs is 1. The Balaban J connectivity index is 1.49. The molecule has 0 spiro atoms. The third-order valence-electron chi connectivity index (χ3n) is 5.05. The van der Waals surface area contributed by atoms with Crippen LogP contribution in [0.1, 0.15) is 11.4 Å². The first-order chi connectivity index (χ1) is 16.7. The molecule has 2 amide bonds. The molecule has 2 aliphatic rings. The number of nitrogen functional groups attached to an aromatic ring is 1. The van der Waals surface area contributed by atoms with E-state index in [2.05, 4.69) is 20.6 Å². The molecule has 0 aromatic carbocycles. The highest BCUT2D eigenvalue weighted by molar-refractivity contribution is 8.01. The summed E-state index contributed by atoms with van der Waals surface area (Å²) in [4.78, 5) is 48.2. The molecule has 1 fully saturated rings. The standard InChI is InChI=1S/C19H19N7O6S3/c1-8-3-4-11(23-26(8)31)33-5-9-6-34-17-13(16(28)25(17)14(9)18(29)30)22-15(27)12(24-32-2)10-7-35-19(20)21-10/h3-4,7,13,17H,5-6H2,1-2H3,(H2,20,21)(H,22,27)(H,29,30)/t13?,17-/m0/s1. The van der Waals surface area contributed by atoms with E-state index in [1.165, 1.54) is 40.9 Å². The molecule has 2 atom stereocenters. The lowest BCUT2D eigenvalue weighted by Gasteiger charge is -2.49. The molecule has 2 aromatic rings. The number of carbonyl (C=O) groups excluding carboxylic acids is 2. The van der Waals surface area contributed by atoms with Crippen molar-refractivity contribution in [2.24, 2.45) is 5.16 Å². The predicted molar refractivity (Wildman–Crippen MR) is 128 cm³/mol. The normalized spacial score (nSPS) is 19.8. The summed E-state index contributed by atoms with van der Waals surface area (Å²) in [5.41, 5.74) is 6.49. The van der Waals surface area contributed by atoms with Gasteiger partial charge in [0.2, 0.25) is 5.69 Å². The van der Waals surface area contributed by atoms with Crippen LogP contribution >= 0.6 is 34.9 Å². The molecule has 1 saturated heterocycles. The minimum Gasteiger partial charge on any atom is -0.594 e. The molecule has 2 aromatic heterocycles. The molecular formula is C19H19N7O6S3. The molecule has 1 unspecified atom stereocenters. The third-order valence-corrected chi connectivity index (χ3v) is 8.07. The van der Waals surface area contributed by atoms with Gasteiger partial charge in [-0.15, -0.1) is 23.1 Å². The van der Waals surface area contributed by atoms with Gasteiger partial charge in [-0.1, -0.05) is 21.8 Å². The lowest BCUT2D eigenvalue weighted by atomic mass is 10.0. The number of aliphatic carboxylic acids is 1. The van der Waals surface area contributed by atoms with Gasteiger partial charge in [0, 0.05) is 35.0 Å². The number of oxime groups is 1. The second-order valence-corrected chi connectivity index (χ2v) is 10.3. The number of thioether (sulfide) groups is 2. The third kappa shape index (κ3) is 4.89. The summed E-state index contributed by atoms with van der Waals surface area (Å²) in [6, 6.07) is 2.34. The van der Waals surface area contributed by atoms with Crippen LogP contribution in [-0.2, 0) is 19.2 Å². The van der Waals surface area contributed by atoms with Gasteiger partial charge in [-0.3, -0.25) is 14.5 Å². The number of rotatable bonds is 8. The summed E-state index contributed by atoms with van der Waals surface area (Å²) in [6.45, 7) is 1.62. The number of carboxylic acid groups (broad SMARTS) is 1. The smallest absolute Gasteiger partial charge is 0.352 e. The second kappa shape index (κ2) is 10.1. The van der Waals surface area contributed by atoms with Crippen molar-refractivity contribution in [3.05, 3.63) is 45.4 Å². The van der Waals surface area contributed by atoms with Crippen molar-refractivity contribution in [1.29, 1.82) is 0 Å². The maximum absolute atomic E-state index is 12.9. The van der Waals surface area contributed by atoms with Crippen molar-refractivity contribution in [2.75, 3.05) is 24.3 Å². The molecule has 13 nitrogen and oxygen atoms in total. The van der Waals surface area contributed by atoms with Crippen LogP contribution < -0.4 is 15.9 Å². The fraction of sp³-hybridized carbons (Fsp3) is 0.316. The number of hydrogen-bond donors (Lipinski definition) is 3. The van der Waals surface area contributed by atoms with Gasteiger partial charge in [0.05, 0.1) is 0 Å². The van der Waals surface area contributed by atoms with E-state index in [0.29, 0.717) is 26.9 Å². The van der Waals surface area contributed by atoms with Gasteiger partial charge in [-0.2, -0.15) is 0 Å². The van der Waals surface area contributed by atoms with Crippen LogP contribution in [0.4, 0.5) is 5.13 Å². The van der Waals surface area contributed by atoms with Gasteiger partial charge >= 0.3 is 5.97 Å². The average molecular weight is 538 g/mol. The Morgan fingerprint density at radius 3 is 2.89 bits per heavy atom. The zero-order valence-corrected chi connectivity index (χ0v) is 20.8. The fourth-order valence-electron chi connectivity index (χ4n) is 3.39. The lowest BCUT2D eigenvalue weighted by molar-refractivity contribution is -0.679. The number of aryl methyl sites for hydroxylation is 1. The highest BCUT2D eigenvalue weighted by Gasteiger charge is 2.54. The van der Waals surface area contributed by atoms with Crippen LogP contribution in [0, 0.1) is 12.1 Å². The number of carbonyl (C=O) groups is 3. The number of anilines is 1. The Labute approximate surface area is 211 Å². The Kier molecular flexibility index (Phi) is 7.13. The van der Waals surface area contributed by atoms with Crippen molar-refractivity contribution in [3.8, 4) is 0 Å². The maximum atomic E-state index is 12.9. The van der Waals surface area contributed by atoms with Gasteiger partial charge in [-0.05, 0) is 11.6 Å². The van der Waals surface area contributed by atoms with E-state index in [4.69, 9.17) is 10.6 Å². The highest BCUT2D eigenvalue weighted by Crippen LogP contribution is 2.41. The summed E-state index contributed by atoms with van der Waals surface area (Å²) >= 11 is 3.64. The van der Waals surface area contributed by atoms with Crippen LogP contribution in [0.3, 0.4) is 0 Å². The van der Waals surface area contributed by atoms with E-state index >= 15 is 0 Å². The number of thiazole rings is 1. The molecule has 4 heterocycles. The van der Waals surface area contributed by atoms with Crippen molar-refractivity contribution in [3.63, 3.8) is 0 Å². The SMILES string of the molecule is CON=C(C(=O)NC1C(=O)N2C(C(=O)O)=C(CSc3ccc(C)[n+]([O-])n3)CS[C@@H]12)c1csc(N)n1. The fourth-order valence-corrected chi connectivity index (χ4v) is 6.27. The number of hydrogen-bond acceptors (Lipinski definition) is 12. The first-order valence-electron chi connectivity index (χ1n) is 9.95. The van der Waals surface area contributed by atoms with E-state index < -0.39 is 29.2 Å². The molecule has 0 bridgehead atoms. The van der Waals surface area contributed by atoms with Gasteiger partial charge in [0.25, 0.3) is 11.8 Å². The topological polar surface area (TPSA) is 187 Å². The van der Waals surface area contributed by atoms with Crippen LogP contribution in [0.5, 0.6) is 0 Å². The van der Waals surface area contributed by atoms with Gasteiger partial charge in [0.1, 0.15) is 29.9 Å². The Morgan fingerprint density at radius 1 is 1.49 bits per heavy atom. The Hall–Kier alpha value is -3.37. The molecule has 35 heavy (non-hydrogen) atoms. The van der Waals surface area contributed by atoms with Crippen LogP contribution in [-0.4, -0.2) is 73.6 Å². The molecule has 16 heteroatoms. The summed E-state index contributed by atoms with van der Waals surface area (Å²) < 4.78 is 0. The summed E-state index contributed by atoms with van der Waals surface area (Å²) in [5, 5.41) is 33.3. The largest absolute Gasteiger partial charge is 0.594 e. The molecule has 0 aliphatic carbocycles. The average Bonchev–Trinajstić information content (AvgIpc) is 3.26. The molecule has 0 saturated carbocycles. The minimum atomic E-state index is -1.25. The van der Waals surface area contributed by atoms with E-state index in [1.807, 2.05) is 0 Å². The van der Waals surface area contributed by atoms with E-state index in [0.717, 1.165) is 11.3 Å². The minimum absolute atomic E-state index is 0.128. The zero-order valence-electron chi connectivity index (χ0n) is 18.3. The van der Waals surface area contributed by atoms with Crippen molar-refractivity contribution in [2.45, 2.75) is 23.4 Å². The van der Waals surface area contributed by atoms with Crippen LogP contribution in [0.2, 0.25) is 0 Å². The lowest BCUT2D eigenvalue weighted by Crippen LogP contribution is -2.71. The first kappa shape index (κ1) is 24.7. The number of nitrogens with one attached hydrogen (secondary N) is 1. The molecular weight excluding hydrogens is 518 g/mol. The Morgan fingerprint density at radius 2 is 2.26 bits per heavy atom. The first-order valence-corrected chi connectivity index (χ1v) is 12.9. The predicted octanol–water partition coefficient (Wildman–Crippen LogP) is -0.0565. The van der Waals surface area contributed by atoms with Crippen LogP contribution in [0.15, 0.2) is 39.0 Å². The maximum Gasteiger partial charge on any atom is 0.352 e. The number of amides is 2. The van der Waals surface area contributed by atoms with Crippen LogP contribution in [0.25, 0.3) is 0 Å². The van der Waals surface area contributed by atoms with E-state index in [9.17, 15) is 24.7 Å². The van der Waals surface area contributed by atoms with Crippen molar-refractivity contribution in [1.82, 2.24) is 20.3 Å². The molecule has 2 aliphatic heterocycles. The van der Waals surface area contributed by atoms with E-state index in [-0.39, 0.29) is 28.0 Å².